The first-order valence-electron chi connectivity index (χ1n) is 8.31. The van der Waals surface area contributed by atoms with Crippen LogP contribution < -0.4 is 5.73 Å². The zero-order chi connectivity index (χ0) is 15.3. The summed E-state index contributed by atoms with van der Waals surface area (Å²) >= 11 is 0. The molecular weight excluding hydrogens is 266 g/mol. The molecular formula is C16H29N3O2. The smallest absolute Gasteiger partial charge is 0.243 e. The van der Waals surface area contributed by atoms with E-state index in [1.54, 1.807) is 0 Å². The van der Waals surface area contributed by atoms with Gasteiger partial charge in [-0.15, -0.1) is 0 Å². The molecule has 0 spiro atoms. The van der Waals surface area contributed by atoms with Crippen LogP contribution in [0.4, 0.5) is 0 Å². The molecule has 1 aromatic rings. The first kappa shape index (κ1) is 16.4. The van der Waals surface area contributed by atoms with E-state index < -0.39 is 0 Å². The zero-order valence-electron chi connectivity index (χ0n) is 13.6. The fourth-order valence-corrected chi connectivity index (χ4v) is 3.19. The van der Waals surface area contributed by atoms with Crippen LogP contribution in [0.5, 0.6) is 0 Å². The van der Waals surface area contributed by atoms with Gasteiger partial charge in [-0.3, -0.25) is 0 Å². The van der Waals surface area contributed by atoms with Crippen molar-refractivity contribution in [2.45, 2.75) is 77.4 Å². The van der Waals surface area contributed by atoms with Gasteiger partial charge in [0.25, 0.3) is 0 Å². The van der Waals surface area contributed by atoms with E-state index in [2.05, 4.69) is 24.0 Å². The molecule has 1 aliphatic rings. The molecule has 0 amide bonds. The van der Waals surface area contributed by atoms with Crippen molar-refractivity contribution >= 4 is 0 Å². The second-order valence-corrected chi connectivity index (χ2v) is 6.53. The van der Waals surface area contributed by atoms with Crippen molar-refractivity contribution in [1.29, 1.82) is 0 Å². The van der Waals surface area contributed by atoms with Gasteiger partial charge in [0.15, 0.2) is 0 Å². The third-order valence-electron chi connectivity index (χ3n) is 4.22. The van der Waals surface area contributed by atoms with Crippen molar-refractivity contribution in [3.05, 3.63) is 11.7 Å². The number of nitrogens with two attached hydrogens (primary N) is 1. The zero-order valence-corrected chi connectivity index (χ0v) is 13.6. The van der Waals surface area contributed by atoms with Gasteiger partial charge in [-0.25, -0.2) is 0 Å². The molecule has 5 nitrogen and oxygen atoms in total. The normalized spacial score (nSPS) is 20.4. The summed E-state index contributed by atoms with van der Waals surface area (Å²) in [4.78, 5) is 4.59. The summed E-state index contributed by atoms with van der Waals surface area (Å²) < 4.78 is 11.5. The Kier molecular flexibility index (Phi) is 5.76. The van der Waals surface area contributed by atoms with Crippen molar-refractivity contribution in [2.75, 3.05) is 6.61 Å². The highest BCUT2D eigenvalue weighted by molar-refractivity contribution is 5.04. The quantitative estimate of drug-likeness (QED) is 0.810. The maximum atomic E-state index is 6.15. The lowest BCUT2D eigenvalue weighted by atomic mass is 9.93. The molecule has 1 heterocycles. The highest BCUT2D eigenvalue weighted by Crippen LogP contribution is 2.38. The highest BCUT2D eigenvalue weighted by Gasteiger charge is 2.38. The SMILES string of the molecule is CCOC1(c2noc([C@@H](N)CC(C)C)n2)CCCCCC1. The molecule has 0 aliphatic heterocycles. The lowest BCUT2D eigenvalue weighted by Crippen LogP contribution is -2.31. The van der Waals surface area contributed by atoms with Crippen LogP contribution in [0.1, 0.15) is 83.5 Å². The molecule has 0 radical (unpaired) electrons. The Hall–Kier alpha value is -0.940. The van der Waals surface area contributed by atoms with Crippen LogP contribution in [0.3, 0.4) is 0 Å². The fourth-order valence-electron chi connectivity index (χ4n) is 3.19. The first-order chi connectivity index (χ1) is 10.1. The van der Waals surface area contributed by atoms with Gasteiger partial charge in [-0.05, 0) is 32.1 Å². The van der Waals surface area contributed by atoms with Gasteiger partial charge in [-0.1, -0.05) is 44.7 Å². The molecule has 0 unspecified atom stereocenters. The highest BCUT2D eigenvalue weighted by atomic mass is 16.5. The summed E-state index contributed by atoms with van der Waals surface area (Å²) in [7, 11) is 0. The minimum atomic E-state index is -0.370. The Labute approximate surface area is 127 Å². The predicted molar refractivity (Wildman–Crippen MR) is 81.7 cm³/mol. The van der Waals surface area contributed by atoms with Crippen LogP contribution in [-0.4, -0.2) is 16.7 Å². The number of nitrogens with zero attached hydrogens (tertiary/aromatic N) is 2. The van der Waals surface area contributed by atoms with E-state index in [4.69, 9.17) is 15.0 Å². The van der Waals surface area contributed by atoms with Crippen LogP contribution in [0.2, 0.25) is 0 Å². The van der Waals surface area contributed by atoms with E-state index in [1.165, 1.54) is 12.8 Å². The molecule has 1 atom stereocenters. The molecule has 1 fully saturated rings. The van der Waals surface area contributed by atoms with Crippen molar-refractivity contribution in [3.8, 4) is 0 Å². The van der Waals surface area contributed by atoms with E-state index in [9.17, 15) is 0 Å². The molecule has 0 aromatic carbocycles. The lowest BCUT2D eigenvalue weighted by molar-refractivity contribution is -0.0636. The van der Waals surface area contributed by atoms with Gasteiger partial charge < -0.3 is 15.0 Å². The standard InChI is InChI=1S/C16H29N3O2/c1-4-20-16(9-7-5-6-8-10-16)15-18-14(21-19-15)13(17)11-12(2)3/h12-13H,4-11,17H2,1-3H3/t13-/m0/s1. The Morgan fingerprint density at radius 2 is 1.90 bits per heavy atom. The summed E-state index contributed by atoms with van der Waals surface area (Å²) in [5.74, 6) is 1.75. The van der Waals surface area contributed by atoms with Gasteiger partial charge in [0.05, 0.1) is 6.04 Å². The van der Waals surface area contributed by atoms with Gasteiger partial charge >= 0.3 is 0 Å². The topological polar surface area (TPSA) is 74.2 Å². The second kappa shape index (κ2) is 7.36. The van der Waals surface area contributed by atoms with Crippen molar-refractivity contribution in [1.82, 2.24) is 10.1 Å². The minimum absolute atomic E-state index is 0.185. The van der Waals surface area contributed by atoms with Crippen LogP contribution in [0, 0.1) is 5.92 Å². The van der Waals surface area contributed by atoms with Crippen LogP contribution in [-0.2, 0) is 10.3 Å². The van der Waals surface area contributed by atoms with Crippen LogP contribution in [0.15, 0.2) is 4.52 Å². The second-order valence-electron chi connectivity index (χ2n) is 6.53. The first-order valence-corrected chi connectivity index (χ1v) is 8.31. The van der Waals surface area contributed by atoms with E-state index >= 15 is 0 Å². The van der Waals surface area contributed by atoms with Crippen LogP contribution >= 0.6 is 0 Å². The number of hydrogen-bond acceptors (Lipinski definition) is 5. The number of aromatic nitrogens is 2. The molecule has 120 valence electrons. The summed E-state index contributed by atoms with van der Waals surface area (Å²) in [6.07, 6.45) is 7.62. The van der Waals surface area contributed by atoms with Gasteiger partial charge in [0.1, 0.15) is 5.60 Å². The summed E-state index contributed by atoms with van der Waals surface area (Å²) in [6, 6.07) is -0.185. The molecule has 1 aliphatic carbocycles. The summed E-state index contributed by atoms with van der Waals surface area (Å²) in [5.41, 5.74) is 5.78. The van der Waals surface area contributed by atoms with Gasteiger partial charge in [0, 0.05) is 6.61 Å². The van der Waals surface area contributed by atoms with Crippen LogP contribution in [0.25, 0.3) is 0 Å². The maximum Gasteiger partial charge on any atom is 0.243 e. The van der Waals surface area contributed by atoms with E-state index in [1.807, 2.05) is 6.92 Å². The Balaban J connectivity index is 2.19. The van der Waals surface area contributed by atoms with Gasteiger partial charge in [-0.2, -0.15) is 4.98 Å². The lowest BCUT2D eigenvalue weighted by Gasteiger charge is -2.29. The number of hydrogen-bond donors (Lipinski definition) is 1. The number of ether oxygens (including phenoxy) is 1. The average Bonchev–Trinajstić information content (AvgIpc) is 2.81. The molecule has 2 N–H and O–H groups in total. The predicted octanol–water partition coefficient (Wildman–Crippen LogP) is 3.70. The minimum Gasteiger partial charge on any atom is -0.367 e. The Morgan fingerprint density at radius 3 is 2.48 bits per heavy atom. The largest absolute Gasteiger partial charge is 0.367 e. The molecule has 1 aromatic heterocycles. The Morgan fingerprint density at radius 1 is 1.24 bits per heavy atom. The third kappa shape index (κ3) is 4.04. The van der Waals surface area contributed by atoms with E-state index in [0.29, 0.717) is 24.2 Å². The fraction of sp³-hybridized carbons (Fsp3) is 0.875. The Bertz CT molecular complexity index is 423. The molecule has 0 bridgehead atoms. The molecule has 5 heteroatoms. The molecule has 21 heavy (non-hydrogen) atoms. The molecule has 1 saturated carbocycles. The summed E-state index contributed by atoms with van der Waals surface area (Å²) in [5, 5.41) is 4.21. The average molecular weight is 295 g/mol. The van der Waals surface area contributed by atoms with Crippen molar-refractivity contribution < 1.29 is 9.26 Å². The maximum absolute atomic E-state index is 6.15. The third-order valence-corrected chi connectivity index (χ3v) is 4.22. The van der Waals surface area contributed by atoms with Gasteiger partial charge in [0.2, 0.25) is 11.7 Å². The molecule has 2 rings (SSSR count). The number of rotatable bonds is 6. The van der Waals surface area contributed by atoms with E-state index in [0.717, 1.165) is 32.1 Å². The monoisotopic (exact) mass is 295 g/mol. The summed E-state index contributed by atoms with van der Waals surface area (Å²) in [6.45, 7) is 6.98. The van der Waals surface area contributed by atoms with Crippen molar-refractivity contribution in [3.63, 3.8) is 0 Å². The molecule has 0 saturated heterocycles. The van der Waals surface area contributed by atoms with Crippen molar-refractivity contribution in [2.24, 2.45) is 11.7 Å². The van der Waals surface area contributed by atoms with E-state index in [-0.39, 0.29) is 11.6 Å².